The van der Waals surface area contributed by atoms with E-state index in [0.717, 1.165) is 4.47 Å². The number of hydrogen-bond donors (Lipinski definition) is 0. The standard InChI is InChI=1S/C10H5Br2FN2/c11-6-4-14-10(15-5-6)7-2-1-3-8(12)9(7)13/h1-5H. The van der Waals surface area contributed by atoms with Gasteiger partial charge in [0.05, 0.1) is 14.5 Å². The maximum Gasteiger partial charge on any atom is 0.162 e. The van der Waals surface area contributed by atoms with Crippen LogP contribution in [0.4, 0.5) is 4.39 Å². The molecule has 0 unspecified atom stereocenters. The molecule has 76 valence electrons. The molecule has 0 aliphatic carbocycles. The molecular weight excluding hydrogens is 327 g/mol. The first kappa shape index (κ1) is 10.7. The Labute approximate surface area is 103 Å². The van der Waals surface area contributed by atoms with Gasteiger partial charge in [0.25, 0.3) is 0 Å². The van der Waals surface area contributed by atoms with E-state index in [2.05, 4.69) is 41.8 Å². The fourth-order valence-electron chi connectivity index (χ4n) is 1.13. The van der Waals surface area contributed by atoms with Crippen LogP contribution in [0, 0.1) is 5.82 Å². The zero-order chi connectivity index (χ0) is 10.8. The number of hydrogen-bond acceptors (Lipinski definition) is 2. The lowest BCUT2D eigenvalue weighted by molar-refractivity contribution is 0.623. The normalized spacial score (nSPS) is 10.3. The molecule has 15 heavy (non-hydrogen) atoms. The Hall–Kier alpha value is -0.810. The monoisotopic (exact) mass is 330 g/mol. The number of rotatable bonds is 1. The summed E-state index contributed by atoms with van der Waals surface area (Å²) in [5.41, 5.74) is 0.386. The van der Waals surface area contributed by atoms with E-state index in [9.17, 15) is 4.39 Å². The molecule has 2 rings (SSSR count). The minimum absolute atomic E-state index is 0.347. The van der Waals surface area contributed by atoms with E-state index in [-0.39, 0.29) is 5.82 Å². The highest BCUT2D eigenvalue weighted by atomic mass is 79.9. The average Bonchev–Trinajstić information content (AvgIpc) is 2.24. The topological polar surface area (TPSA) is 25.8 Å². The molecule has 0 saturated carbocycles. The molecule has 0 bridgehead atoms. The Morgan fingerprint density at radius 3 is 2.40 bits per heavy atom. The molecule has 1 aromatic carbocycles. The highest BCUT2D eigenvalue weighted by Crippen LogP contribution is 2.25. The summed E-state index contributed by atoms with van der Waals surface area (Å²) in [7, 11) is 0. The lowest BCUT2D eigenvalue weighted by Crippen LogP contribution is -1.91. The summed E-state index contributed by atoms with van der Waals surface area (Å²) in [6.45, 7) is 0. The van der Waals surface area contributed by atoms with Crippen molar-refractivity contribution in [3.63, 3.8) is 0 Å². The Balaban J connectivity index is 2.54. The van der Waals surface area contributed by atoms with Gasteiger partial charge in [0.2, 0.25) is 0 Å². The van der Waals surface area contributed by atoms with Crippen LogP contribution in [0.25, 0.3) is 11.4 Å². The van der Waals surface area contributed by atoms with E-state index in [0.29, 0.717) is 15.9 Å². The Bertz CT molecular complexity index is 485. The minimum Gasteiger partial charge on any atom is -0.235 e. The van der Waals surface area contributed by atoms with Crippen LogP contribution in [0.3, 0.4) is 0 Å². The fourth-order valence-corrected chi connectivity index (χ4v) is 1.70. The third-order valence-electron chi connectivity index (χ3n) is 1.81. The third-order valence-corrected chi connectivity index (χ3v) is 2.83. The molecule has 0 spiro atoms. The zero-order valence-electron chi connectivity index (χ0n) is 7.42. The van der Waals surface area contributed by atoms with Gasteiger partial charge in [-0.05, 0) is 44.0 Å². The van der Waals surface area contributed by atoms with Crippen molar-refractivity contribution in [3.05, 3.63) is 45.4 Å². The second-order valence-corrected chi connectivity index (χ2v) is 4.60. The van der Waals surface area contributed by atoms with Gasteiger partial charge in [-0.2, -0.15) is 0 Å². The van der Waals surface area contributed by atoms with Crippen molar-refractivity contribution in [2.45, 2.75) is 0 Å². The fraction of sp³-hybridized carbons (Fsp3) is 0. The first-order valence-corrected chi connectivity index (χ1v) is 5.69. The van der Waals surface area contributed by atoms with E-state index in [1.165, 1.54) is 0 Å². The van der Waals surface area contributed by atoms with E-state index < -0.39 is 0 Å². The molecule has 1 heterocycles. The second-order valence-electron chi connectivity index (χ2n) is 2.83. The van der Waals surface area contributed by atoms with Crippen LogP contribution < -0.4 is 0 Å². The first-order chi connectivity index (χ1) is 7.18. The summed E-state index contributed by atoms with van der Waals surface area (Å²) in [5.74, 6) is 0.0248. The summed E-state index contributed by atoms with van der Waals surface area (Å²) >= 11 is 6.34. The average molecular weight is 332 g/mol. The van der Waals surface area contributed by atoms with Gasteiger partial charge in [0.1, 0.15) is 5.82 Å². The molecule has 0 aliphatic rings. The van der Waals surface area contributed by atoms with E-state index in [1.54, 1.807) is 30.6 Å². The highest BCUT2D eigenvalue weighted by Gasteiger charge is 2.09. The van der Waals surface area contributed by atoms with E-state index in [1.807, 2.05) is 0 Å². The second kappa shape index (κ2) is 4.37. The van der Waals surface area contributed by atoms with Crippen LogP contribution in [-0.2, 0) is 0 Å². The molecule has 1 aromatic heterocycles. The molecule has 2 nitrogen and oxygen atoms in total. The maximum absolute atomic E-state index is 13.6. The number of halogens is 3. The van der Waals surface area contributed by atoms with Crippen molar-refractivity contribution in [2.24, 2.45) is 0 Å². The molecular formula is C10H5Br2FN2. The van der Waals surface area contributed by atoms with Gasteiger partial charge < -0.3 is 0 Å². The Kier molecular flexibility index (Phi) is 3.11. The van der Waals surface area contributed by atoms with Gasteiger partial charge in [-0.15, -0.1) is 0 Å². The largest absolute Gasteiger partial charge is 0.235 e. The number of aromatic nitrogens is 2. The van der Waals surface area contributed by atoms with Crippen molar-refractivity contribution in [3.8, 4) is 11.4 Å². The van der Waals surface area contributed by atoms with Crippen molar-refractivity contribution in [1.82, 2.24) is 9.97 Å². The SMILES string of the molecule is Fc1c(Br)cccc1-c1ncc(Br)cn1. The van der Waals surface area contributed by atoms with Crippen LogP contribution in [0.2, 0.25) is 0 Å². The van der Waals surface area contributed by atoms with Crippen LogP contribution in [0.1, 0.15) is 0 Å². The zero-order valence-corrected chi connectivity index (χ0v) is 10.6. The summed E-state index contributed by atoms with van der Waals surface area (Å²) in [4.78, 5) is 8.06. The van der Waals surface area contributed by atoms with Crippen LogP contribution in [0.5, 0.6) is 0 Å². The summed E-state index contributed by atoms with van der Waals surface area (Å²) in [6, 6.07) is 5.02. The third kappa shape index (κ3) is 2.23. The Morgan fingerprint density at radius 1 is 1.07 bits per heavy atom. The van der Waals surface area contributed by atoms with Crippen molar-refractivity contribution in [1.29, 1.82) is 0 Å². The molecule has 0 aliphatic heterocycles. The summed E-state index contributed by atoms with van der Waals surface area (Å²) in [5, 5.41) is 0. The lowest BCUT2D eigenvalue weighted by Gasteiger charge is -2.02. The summed E-state index contributed by atoms with van der Waals surface area (Å²) < 4.78 is 14.8. The molecule has 0 fully saturated rings. The predicted molar refractivity (Wildman–Crippen MR) is 62.8 cm³/mol. The van der Waals surface area contributed by atoms with Gasteiger partial charge >= 0.3 is 0 Å². The first-order valence-electron chi connectivity index (χ1n) is 4.10. The molecule has 0 amide bonds. The molecule has 5 heteroatoms. The number of nitrogens with zero attached hydrogens (tertiary/aromatic N) is 2. The molecule has 0 saturated heterocycles. The highest BCUT2D eigenvalue weighted by molar-refractivity contribution is 9.10. The maximum atomic E-state index is 13.6. The molecule has 2 aromatic rings. The predicted octanol–water partition coefficient (Wildman–Crippen LogP) is 3.81. The van der Waals surface area contributed by atoms with Gasteiger partial charge in [0.15, 0.2) is 5.82 Å². The van der Waals surface area contributed by atoms with Crippen LogP contribution in [-0.4, -0.2) is 9.97 Å². The van der Waals surface area contributed by atoms with Gasteiger partial charge in [-0.1, -0.05) is 6.07 Å². The quantitative estimate of drug-likeness (QED) is 0.794. The van der Waals surface area contributed by atoms with Crippen LogP contribution >= 0.6 is 31.9 Å². The van der Waals surface area contributed by atoms with Crippen molar-refractivity contribution >= 4 is 31.9 Å². The van der Waals surface area contributed by atoms with Gasteiger partial charge in [-0.25, -0.2) is 14.4 Å². The smallest absolute Gasteiger partial charge is 0.162 e. The van der Waals surface area contributed by atoms with E-state index in [4.69, 9.17) is 0 Å². The molecule has 0 atom stereocenters. The van der Waals surface area contributed by atoms with Gasteiger partial charge in [-0.3, -0.25) is 0 Å². The van der Waals surface area contributed by atoms with E-state index >= 15 is 0 Å². The van der Waals surface area contributed by atoms with Crippen molar-refractivity contribution < 1.29 is 4.39 Å². The Morgan fingerprint density at radius 2 is 1.73 bits per heavy atom. The minimum atomic E-state index is -0.347. The van der Waals surface area contributed by atoms with Crippen LogP contribution in [0.15, 0.2) is 39.5 Å². The van der Waals surface area contributed by atoms with Gasteiger partial charge in [0, 0.05) is 12.4 Å². The number of benzene rings is 1. The molecule has 0 N–H and O–H groups in total. The molecule has 0 radical (unpaired) electrons. The lowest BCUT2D eigenvalue weighted by atomic mass is 10.2. The summed E-state index contributed by atoms with van der Waals surface area (Å²) in [6.07, 6.45) is 3.17. The van der Waals surface area contributed by atoms with Crippen molar-refractivity contribution in [2.75, 3.05) is 0 Å².